The summed E-state index contributed by atoms with van der Waals surface area (Å²) in [5, 5.41) is 3.01. The smallest absolute Gasteiger partial charge is 0.227 e. The lowest BCUT2D eigenvalue weighted by atomic mass is 10.0. The average Bonchev–Trinajstić information content (AvgIpc) is 3.56. The summed E-state index contributed by atoms with van der Waals surface area (Å²) in [5.74, 6) is 1.03. The molecule has 1 saturated carbocycles. The van der Waals surface area contributed by atoms with Crippen LogP contribution in [-0.4, -0.2) is 60.2 Å². The highest BCUT2D eigenvalue weighted by molar-refractivity contribution is 5.95. The number of benzene rings is 1. The van der Waals surface area contributed by atoms with Gasteiger partial charge in [-0.25, -0.2) is 9.97 Å². The van der Waals surface area contributed by atoms with Crippen LogP contribution in [0.5, 0.6) is 5.75 Å². The third-order valence-electron chi connectivity index (χ3n) is 5.17. The van der Waals surface area contributed by atoms with Crippen molar-refractivity contribution in [2.24, 2.45) is 5.92 Å². The van der Waals surface area contributed by atoms with Crippen molar-refractivity contribution >= 4 is 11.6 Å². The summed E-state index contributed by atoms with van der Waals surface area (Å²) in [6.07, 6.45) is 5.29. The molecule has 2 aliphatic rings. The van der Waals surface area contributed by atoms with E-state index in [4.69, 9.17) is 9.47 Å². The lowest BCUT2D eigenvalue weighted by Gasteiger charge is -2.26. The first-order valence-electron chi connectivity index (χ1n) is 9.85. The van der Waals surface area contributed by atoms with Crippen molar-refractivity contribution in [3.63, 3.8) is 0 Å². The minimum atomic E-state index is 0.0907. The molecule has 0 unspecified atom stereocenters. The van der Waals surface area contributed by atoms with Gasteiger partial charge in [-0.15, -0.1) is 0 Å². The molecular weight excluding hydrogens is 356 g/mol. The zero-order valence-electron chi connectivity index (χ0n) is 16.2. The van der Waals surface area contributed by atoms with Gasteiger partial charge in [-0.1, -0.05) is 0 Å². The van der Waals surface area contributed by atoms with Gasteiger partial charge in [0.05, 0.1) is 13.2 Å². The molecule has 7 heteroatoms. The Morgan fingerprint density at radius 3 is 2.86 bits per heavy atom. The maximum atomic E-state index is 12.1. The maximum absolute atomic E-state index is 12.1. The number of aryl methyl sites for hydroxylation is 1. The topological polar surface area (TPSA) is 76.6 Å². The summed E-state index contributed by atoms with van der Waals surface area (Å²) in [7, 11) is 0. The first-order valence-corrected chi connectivity index (χ1v) is 9.85. The molecule has 7 nitrogen and oxygen atoms in total. The van der Waals surface area contributed by atoms with E-state index in [0.29, 0.717) is 6.61 Å². The number of hydrogen-bond acceptors (Lipinski definition) is 6. The molecule has 0 atom stereocenters. The summed E-state index contributed by atoms with van der Waals surface area (Å²) < 4.78 is 11.5. The van der Waals surface area contributed by atoms with E-state index in [2.05, 4.69) is 20.2 Å². The number of anilines is 1. The fraction of sp³-hybridized carbons (Fsp3) is 0.476. The second-order valence-corrected chi connectivity index (χ2v) is 7.30. The van der Waals surface area contributed by atoms with E-state index in [1.165, 1.54) is 6.33 Å². The normalized spacial score (nSPS) is 17.3. The van der Waals surface area contributed by atoms with Crippen LogP contribution in [0.25, 0.3) is 11.1 Å². The van der Waals surface area contributed by atoms with E-state index in [1.807, 2.05) is 25.1 Å². The number of amides is 1. The number of morpholine rings is 1. The van der Waals surface area contributed by atoms with E-state index in [0.717, 1.165) is 73.9 Å². The molecule has 1 aliphatic heterocycles. The quantitative estimate of drug-likeness (QED) is 0.793. The largest absolute Gasteiger partial charge is 0.492 e. The molecule has 1 aliphatic carbocycles. The van der Waals surface area contributed by atoms with Crippen molar-refractivity contribution in [2.45, 2.75) is 19.8 Å². The predicted octanol–water partition coefficient (Wildman–Crippen LogP) is 2.51. The highest BCUT2D eigenvalue weighted by Gasteiger charge is 2.29. The zero-order chi connectivity index (χ0) is 19.3. The molecular formula is C21H26N4O3. The van der Waals surface area contributed by atoms with E-state index in [9.17, 15) is 4.79 Å². The molecule has 1 saturated heterocycles. The van der Waals surface area contributed by atoms with Gasteiger partial charge < -0.3 is 14.8 Å². The van der Waals surface area contributed by atoms with Gasteiger partial charge in [-0.2, -0.15) is 0 Å². The molecule has 2 heterocycles. The highest BCUT2D eigenvalue weighted by atomic mass is 16.5. The number of aromatic nitrogens is 2. The summed E-state index contributed by atoms with van der Waals surface area (Å²) in [6, 6.07) is 5.77. The molecule has 1 aromatic heterocycles. The number of hydrogen-bond donors (Lipinski definition) is 1. The minimum Gasteiger partial charge on any atom is -0.492 e. The predicted molar refractivity (Wildman–Crippen MR) is 106 cm³/mol. The van der Waals surface area contributed by atoms with Crippen molar-refractivity contribution in [3.8, 4) is 16.9 Å². The molecule has 2 fully saturated rings. The second-order valence-electron chi connectivity index (χ2n) is 7.30. The molecule has 0 bridgehead atoms. The Balaban J connectivity index is 1.51. The molecule has 0 radical (unpaired) electrons. The third-order valence-corrected chi connectivity index (χ3v) is 5.17. The third kappa shape index (κ3) is 4.66. The Bertz CT molecular complexity index is 832. The van der Waals surface area contributed by atoms with Crippen LogP contribution < -0.4 is 10.1 Å². The number of nitrogens with one attached hydrogen (secondary N) is 1. The van der Waals surface area contributed by atoms with Crippen molar-refractivity contribution < 1.29 is 14.3 Å². The lowest BCUT2D eigenvalue weighted by molar-refractivity contribution is -0.117. The standard InChI is InChI=1S/C21H26N4O3/c1-15-19(13-22-14-23-15)18-12-17(24-21(26)16-2-3-16)4-5-20(18)28-11-8-25-6-9-27-10-7-25/h4-5,12-14,16H,2-3,6-11H2,1H3,(H,24,26). The van der Waals surface area contributed by atoms with Crippen molar-refractivity contribution in [1.82, 2.24) is 14.9 Å². The Kier molecular flexibility index (Phi) is 5.83. The van der Waals surface area contributed by atoms with Crippen LogP contribution in [0, 0.1) is 12.8 Å². The fourth-order valence-electron chi connectivity index (χ4n) is 3.30. The van der Waals surface area contributed by atoms with Gasteiger partial charge >= 0.3 is 0 Å². The molecule has 0 spiro atoms. The van der Waals surface area contributed by atoms with Crippen LogP contribution in [0.2, 0.25) is 0 Å². The minimum absolute atomic E-state index is 0.0907. The average molecular weight is 382 g/mol. The monoisotopic (exact) mass is 382 g/mol. The van der Waals surface area contributed by atoms with E-state index < -0.39 is 0 Å². The van der Waals surface area contributed by atoms with Gasteiger partial charge in [-0.3, -0.25) is 9.69 Å². The number of ether oxygens (including phenoxy) is 2. The molecule has 1 aromatic carbocycles. The van der Waals surface area contributed by atoms with Crippen LogP contribution in [-0.2, 0) is 9.53 Å². The Morgan fingerprint density at radius 2 is 2.11 bits per heavy atom. The van der Waals surface area contributed by atoms with E-state index in [1.54, 1.807) is 6.20 Å². The SMILES string of the molecule is Cc1ncncc1-c1cc(NC(=O)C2CC2)ccc1OCCN1CCOCC1. The molecule has 1 N–H and O–H groups in total. The van der Waals surface area contributed by atoms with Gasteiger partial charge in [0, 0.05) is 54.3 Å². The van der Waals surface area contributed by atoms with Crippen LogP contribution in [0.4, 0.5) is 5.69 Å². The van der Waals surface area contributed by atoms with Gasteiger partial charge in [0.2, 0.25) is 5.91 Å². The van der Waals surface area contributed by atoms with Crippen molar-refractivity contribution in [1.29, 1.82) is 0 Å². The maximum Gasteiger partial charge on any atom is 0.227 e. The first kappa shape index (κ1) is 18.8. The van der Waals surface area contributed by atoms with Gasteiger partial charge in [0.1, 0.15) is 18.7 Å². The molecule has 2 aromatic rings. The second kappa shape index (κ2) is 8.67. The number of rotatable bonds is 7. The van der Waals surface area contributed by atoms with E-state index in [-0.39, 0.29) is 11.8 Å². The molecule has 28 heavy (non-hydrogen) atoms. The first-order chi connectivity index (χ1) is 13.7. The summed E-state index contributed by atoms with van der Waals surface area (Å²) >= 11 is 0. The fourth-order valence-corrected chi connectivity index (χ4v) is 3.30. The van der Waals surface area contributed by atoms with Gasteiger partial charge in [0.25, 0.3) is 0 Å². The molecule has 148 valence electrons. The number of carbonyl (C=O) groups is 1. The van der Waals surface area contributed by atoms with Crippen LogP contribution >= 0.6 is 0 Å². The lowest BCUT2D eigenvalue weighted by Crippen LogP contribution is -2.38. The van der Waals surface area contributed by atoms with Gasteiger partial charge in [-0.05, 0) is 38.0 Å². The van der Waals surface area contributed by atoms with Gasteiger partial charge in [0.15, 0.2) is 0 Å². The summed E-state index contributed by atoms with van der Waals surface area (Å²) in [6.45, 7) is 6.83. The van der Waals surface area contributed by atoms with Crippen molar-refractivity contribution in [2.75, 3.05) is 44.8 Å². The highest BCUT2D eigenvalue weighted by Crippen LogP contribution is 2.35. The summed E-state index contributed by atoms with van der Waals surface area (Å²) in [4.78, 5) is 22.9. The number of carbonyl (C=O) groups excluding carboxylic acids is 1. The van der Waals surface area contributed by atoms with Crippen molar-refractivity contribution in [3.05, 3.63) is 36.4 Å². The molecule has 4 rings (SSSR count). The zero-order valence-corrected chi connectivity index (χ0v) is 16.2. The Morgan fingerprint density at radius 1 is 1.29 bits per heavy atom. The number of nitrogens with zero attached hydrogens (tertiary/aromatic N) is 3. The van der Waals surface area contributed by atoms with E-state index >= 15 is 0 Å². The van der Waals surface area contributed by atoms with Crippen LogP contribution in [0.15, 0.2) is 30.7 Å². The Labute approximate surface area is 165 Å². The molecule has 1 amide bonds. The Hall–Kier alpha value is -2.51. The van der Waals surface area contributed by atoms with Crippen LogP contribution in [0.1, 0.15) is 18.5 Å². The van der Waals surface area contributed by atoms with Crippen LogP contribution in [0.3, 0.4) is 0 Å². The summed E-state index contributed by atoms with van der Waals surface area (Å²) in [5.41, 5.74) is 3.45.